The summed E-state index contributed by atoms with van der Waals surface area (Å²) in [4.78, 5) is 2.08. The standard InChI is InChI=1S/C21H26ClNO3/c1-14-11-20(23(2)3)21(24,16-7-5-6-8-18(16)26-14)13-15-9-10-17(22)19(12-15)25-4/h5-10,12,14,20,24H,11,13H2,1-4H3. The molecule has 0 aliphatic carbocycles. The van der Waals surface area contributed by atoms with Crippen molar-refractivity contribution in [2.75, 3.05) is 21.2 Å². The maximum absolute atomic E-state index is 11.9. The summed E-state index contributed by atoms with van der Waals surface area (Å²) in [6.45, 7) is 2.05. The van der Waals surface area contributed by atoms with Crippen molar-refractivity contribution >= 4 is 11.6 Å². The van der Waals surface area contributed by atoms with E-state index in [0.717, 1.165) is 23.3 Å². The molecule has 3 rings (SSSR count). The van der Waals surface area contributed by atoms with Crippen molar-refractivity contribution in [3.63, 3.8) is 0 Å². The monoisotopic (exact) mass is 375 g/mol. The van der Waals surface area contributed by atoms with Crippen LogP contribution in [0, 0.1) is 0 Å². The Labute approximate surface area is 160 Å². The molecule has 140 valence electrons. The van der Waals surface area contributed by atoms with E-state index >= 15 is 0 Å². The molecule has 5 heteroatoms. The molecule has 0 bridgehead atoms. The van der Waals surface area contributed by atoms with E-state index in [9.17, 15) is 5.11 Å². The van der Waals surface area contributed by atoms with E-state index in [-0.39, 0.29) is 12.1 Å². The number of methoxy groups -OCH3 is 1. The minimum atomic E-state index is -1.09. The van der Waals surface area contributed by atoms with E-state index in [1.807, 2.05) is 63.5 Å². The van der Waals surface area contributed by atoms with Crippen molar-refractivity contribution in [1.29, 1.82) is 0 Å². The fourth-order valence-electron chi connectivity index (χ4n) is 3.86. The van der Waals surface area contributed by atoms with Gasteiger partial charge in [0.1, 0.15) is 17.1 Å². The molecule has 0 amide bonds. The predicted octanol–water partition coefficient (Wildman–Crippen LogP) is 3.88. The highest BCUT2D eigenvalue weighted by Gasteiger charge is 2.44. The number of nitrogens with zero attached hydrogens (tertiary/aromatic N) is 1. The van der Waals surface area contributed by atoms with Gasteiger partial charge in [0, 0.05) is 24.4 Å². The van der Waals surface area contributed by atoms with E-state index in [1.165, 1.54) is 0 Å². The molecular weight excluding hydrogens is 350 g/mol. The second-order valence-electron chi connectivity index (χ2n) is 7.21. The van der Waals surface area contributed by atoms with Gasteiger partial charge in [-0.05, 0) is 44.8 Å². The number of halogens is 1. The smallest absolute Gasteiger partial charge is 0.137 e. The molecule has 2 aromatic rings. The van der Waals surface area contributed by atoms with Crippen LogP contribution in [0.1, 0.15) is 24.5 Å². The number of benzene rings is 2. The zero-order valence-corrected chi connectivity index (χ0v) is 16.5. The maximum atomic E-state index is 11.9. The summed E-state index contributed by atoms with van der Waals surface area (Å²) >= 11 is 6.16. The molecule has 0 fully saturated rings. The summed E-state index contributed by atoms with van der Waals surface area (Å²) in [5.41, 5.74) is 0.686. The first kappa shape index (κ1) is 19.0. The van der Waals surface area contributed by atoms with Crippen LogP contribution in [0.5, 0.6) is 11.5 Å². The number of rotatable bonds is 4. The Morgan fingerprint density at radius 1 is 1.27 bits per heavy atom. The Morgan fingerprint density at radius 3 is 2.69 bits per heavy atom. The molecule has 4 nitrogen and oxygen atoms in total. The van der Waals surface area contributed by atoms with Crippen LogP contribution in [-0.2, 0) is 12.0 Å². The molecule has 1 N–H and O–H groups in total. The van der Waals surface area contributed by atoms with Crippen LogP contribution in [0.2, 0.25) is 5.02 Å². The lowest BCUT2D eigenvalue weighted by atomic mass is 9.78. The minimum absolute atomic E-state index is 0.0114. The van der Waals surface area contributed by atoms with Gasteiger partial charge in [0.2, 0.25) is 0 Å². The fraction of sp³-hybridized carbons (Fsp3) is 0.429. The Bertz CT molecular complexity index is 780. The largest absolute Gasteiger partial charge is 0.495 e. The third kappa shape index (κ3) is 3.54. The van der Waals surface area contributed by atoms with Gasteiger partial charge >= 0.3 is 0 Å². The number of hydrogen-bond acceptors (Lipinski definition) is 4. The highest BCUT2D eigenvalue weighted by Crippen LogP contribution is 2.42. The van der Waals surface area contributed by atoms with Crippen molar-refractivity contribution in [1.82, 2.24) is 4.90 Å². The summed E-state index contributed by atoms with van der Waals surface area (Å²) in [6, 6.07) is 13.3. The van der Waals surface area contributed by atoms with Gasteiger partial charge in [-0.1, -0.05) is 35.9 Å². The molecule has 2 aromatic carbocycles. The van der Waals surface area contributed by atoms with Gasteiger partial charge in [-0.3, -0.25) is 0 Å². The van der Waals surface area contributed by atoms with Crippen LogP contribution in [0.4, 0.5) is 0 Å². The zero-order valence-electron chi connectivity index (χ0n) is 15.7. The van der Waals surface area contributed by atoms with E-state index in [4.69, 9.17) is 21.1 Å². The Morgan fingerprint density at radius 2 is 2.00 bits per heavy atom. The number of fused-ring (bicyclic) bond motifs is 1. The summed E-state index contributed by atoms with van der Waals surface area (Å²) in [6.07, 6.45) is 1.18. The molecule has 1 aliphatic rings. The second-order valence-corrected chi connectivity index (χ2v) is 7.62. The third-order valence-electron chi connectivity index (χ3n) is 5.10. The van der Waals surface area contributed by atoms with Gasteiger partial charge < -0.3 is 19.5 Å². The molecular formula is C21H26ClNO3. The van der Waals surface area contributed by atoms with Crippen LogP contribution in [0.3, 0.4) is 0 Å². The summed E-state index contributed by atoms with van der Waals surface area (Å²) in [5, 5.41) is 12.5. The second kappa shape index (κ2) is 7.47. The number of aliphatic hydroxyl groups is 1. The molecule has 3 atom stereocenters. The van der Waals surface area contributed by atoms with E-state index in [0.29, 0.717) is 17.2 Å². The molecule has 3 unspecified atom stereocenters. The maximum Gasteiger partial charge on any atom is 0.137 e. The third-order valence-corrected chi connectivity index (χ3v) is 5.41. The van der Waals surface area contributed by atoms with Crippen molar-refractivity contribution in [2.24, 2.45) is 0 Å². The average molecular weight is 376 g/mol. The summed E-state index contributed by atoms with van der Waals surface area (Å²) in [5.74, 6) is 1.36. The lowest BCUT2D eigenvalue weighted by molar-refractivity contribution is -0.0432. The van der Waals surface area contributed by atoms with Gasteiger partial charge in [-0.25, -0.2) is 0 Å². The molecule has 0 radical (unpaired) electrons. The fourth-order valence-corrected chi connectivity index (χ4v) is 4.05. The lowest BCUT2D eigenvalue weighted by Gasteiger charge is -2.39. The topological polar surface area (TPSA) is 41.9 Å². The van der Waals surface area contributed by atoms with Gasteiger partial charge in [-0.2, -0.15) is 0 Å². The summed E-state index contributed by atoms with van der Waals surface area (Å²) in [7, 11) is 5.59. The predicted molar refractivity (Wildman–Crippen MR) is 104 cm³/mol. The summed E-state index contributed by atoms with van der Waals surface area (Å²) < 4.78 is 11.4. The first-order valence-electron chi connectivity index (χ1n) is 8.82. The van der Waals surface area contributed by atoms with E-state index < -0.39 is 5.60 Å². The molecule has 1 aliphatic heterocycles. The van der Waals surface area contributed by atoms with Crippen LogP contribution in [0.15, 0.2) is 42.5 Å². The minimum Gasteiger partial charge on any atom is -0.495 e. The Balaban J connectivity index is 2.10. The normalized spacial score (nSPS) is 25.3. The number of ether oxygens (including phenoxy) is 2. The molecule has 0 aromatic heterocycles. The van der Waals surface area contributed by atoms with Crippen LogP contribution in [-0.4, -0.2) is 43.4 Å². The van der Waals surface area contributed by atoms with E-state index in [1.54, 1.807) is 7.11 Å². The quantitative estimate of drug-likeness (QED) is 0.880. The van der Waals surface area contributed by atoms with Crippen LogP contribution < -0.4 is 9.47 Å². The molecule has 0 saturated heterocycles. The van der Waals surface area contributed by atoms with Crippen molar-refractivity contribution in [3.05, 3.63) is 58.6 Å². The first-order valence-corrected chi connectivity index (χ1v) is 9.20. The van der Waals surface area contributed by atoms with Gasteiger partial charge in [0.05, 0.1) is 18.2 Å². The Kier molecular flexibility index (Phi) is 5.47. The van der Waals surface area contributed by atoms with Gasteiger partial charge in [-0.15, -0.1) is 0 Å². The molecule has 1 heterocycles. The lowest BCUT2D eigenvalue weighted by Crippen LogP contribution is -2.49. The van der Waals surface area contributed by atoms with Crippen molar-refractivity contribution in [2.45, 2.75) is 37.5 Å². The number of likely N-dealkylation sites (N-methyl/N-ethyl adjacent to an activating group) is 1. The van der Waals surface area contributed by atoms with Gasteiger partial charge in [0.15, 0.2) is 0 Å². The zero-order chi connectivity index (χ0) is 18.9. The average Bonchev–Trinajstić information content (AvgIpc) is 2.71. The number of para-hydroxylation sites is 1. The highest BCUT2D eigenvalue weighted by molar-refractivity contribution is 6.32. The Hall–Kier alpha value is -1.75. The number of hydrogen-bond donors (Lipinski definition) is 1. The highest BCUT2D eigenvalue weighted by atomic mass is 35.5. The van der Waals surface area contributed by atoms with E-state index in [2.05, 4.69) is 4.90 Å². The van der Waals surface area contributed by atoms with Gasteiger partial charge in [0.25, 0.3) is 0 Å². The molecule has 0 spiro atoms. The SMILES string of the molecule is COc1cc(CC2(O)c3ccccc3OC(C)CC2N(C)C)ccc1Cl. The van der Waals surface area contributed by atoms with Crippen molar-refractivity contribution < 1.29 is 14.6 Å². The molecule has 0 saturated carbocycles. The molecule has 26 heavy (non-hydrogen) atoms. The van der Waals surface area contributed by atoms with Crippen molar-refractivity contribution in [3.8, 4) is 11.5 Å². The first-order chi connectivity index (χ1) is 12.3. The van der Waals surface area contributed by atoms with Crippen LogP contribution in [0.25, 0.3) is 0 Å². The van der Waals surface area contributed by atoms with Crippen LogP contribution >= 0.6 is 11.6 Å².